The third-order valence-electron chi connectivity index (χ3n) is 3.80. The molecule has 0 aliphatic heterocycles. The van der Waals surface area contributed by atoms with Gasteiger partial charge in [-0.15, -0.1) is 0 Å². The number of aromatic nitrogens is 2. The lowest BCUT2D eigenvalue weighted by Gasteiger charge is -2.08. The molecule has 0 bridgehead atoms. The van der Waals surface area contributed by atoms with Gasteiger partial charge in [-0.05, 0) is 58.6 Å². The van der Waals surface area contributed by atoms with Gasteiger partial charge in [-0.2, -0.15) is 0 Å². The normalized spacial score (nSPS) is 11.0. The fraction of sp³-hybridized carbons (Fsp3) is 0.222. The van der Waals surface area contributed by atoms with Crippen LogP contribution in [-0.2, 0) is 13.0 Å². The number of hydrogen-bond acceptors (Lipinski definition) is 2. The average molecular weight is 407 g/mol. The predicted molar refractivity (Wildman–Crippen MR) is 99.6 cm³/mol. The zero-order valence-corrected chi connectivity index (χ0v) is 15.8. The summed E-state index contributed by atoms with van der Waals surface area (Å²) < 4.78 is 2.74. The van der Waals surface area contributed by atoms with E-state index in [1.807, 2.05) is 54.8 Å². The minimum absolute atomic E-state index is 0.133. The number of imidazole rings is 1. The molecule has 0 aliphatic rings. The Hall–Kier alpha value is -1.85. The molecule has 2 heterocycles. The molecule has 0 saturated carbocycles. The molecule has 2 aromatic heterocycles. The molecule has 0 radical (unpaired) electrons. The van der Waals surface area contributed by atoms with Crippen molar-refractivity contribution >= 4 is 39.1 Å². The SMILES string of the molecule is CCc1nc2c(Br)cc(C)cn2c1C(=O)NCc1ccc(Cl)cc1. The number of carbonyl (C=O) groups is 1. The lowest BCUT2D eigenvalue weighted by atomic mass is 10.2. The lowest BCUT2D eigenvalue weighted by Crippen LogP contribution is -2.25. The fourth-order valence-corrected chi connectivity index (χ4v) is 3.40. The van der Waals surface area contributed by atoms with E-state index in [4.69, 9.17) is 11.6 Å². The number of rotatable bonds is 4. The van der Waals surface area contributed by atoms with Crippen molar-refractivity contribution < 1.29 is 4.79 Å². The Kier molecular flexibility index (Phi) is 4.92. The quantitative estimate of drug-likeness (QED) is 0.691. The Bertz CT molecular complexity index is 903. The van der Waals surface area contributed by atoms with E-state index in [0.717, 1.165) is 26.9 Å². The summed E-state index contributed by atoms with van der Waals surface area (Å²) in [6, 6.07) is 9.43. The molecule has 3 aromatic rings. The number of nitrogens with zero attached hydrogens (tertiary/aromatic N) is 2. The summed E-state index contributed by atoms with van der Waals surface area (Å²) in [5.41, 5.74) is 4.19. The molecular weight excluding hydrogens is 390 g/mol. The highest BCUT2D eigenvalue weighted by atomic mass is 79.9. The molecule has 0 aliphatic carbocycles. The number of hydrogen-bond donors (Lipinski definition) is 1. The summed E-state index contributed by atoms with van der Waals surface area (Å²) in [6.07, 6.45) is 2.63. The van der Waals surface area contributed by atoms with Crippen LogP contribution in [0.5, 0.6) is 0 Å². The summed E-state index contributed by atoms with van der Waals surface area (Å²) in [5, 5.41) is 3.65. The molecular formula is C18H17BrClN3O. The molecule has 3 rings (SSSR count). The van der Waals surface area contributed by atoms with Crippen LogP contribution in [0.15, 0.2) is 41.0 Å². The van der Waals surface area contributed by atoms with E-state index in [2.05, 4.69) is 26.2 Å². The van der Waals surface area contributed by atoms with Crippen molar-refractivity contribution in [3.05, 3.63) is 68.5 Å². The first-order valence-corrected chi connectivity index (χ1v) is 8.86. The van der Waals surface area contributed by atoms with E-state index < -0.39 is 0 Å². The smallest absolute Gasteiger partial charge is 0.270 e. The Labute approximate surface area is 154 Å². The second-order valence-electron chi connectivity index (χ2n) is 5.63. The first-order valence-electron chi connectivity index (χ1n) is 7.69. The topological polar surface area (TPSA) is 46.4 Å². The molecule has 6 heteroatoms. The highest BCUT2D eigenvalue weighted by Crippen LogP contribution is 2.23. The third kappa shape index (κ3) is 3.32. The Morgan fingerprint density at radius 3 is 2.71 bits per heavy atom. The summed E-state index contributed by atoms with van der Waals surface area (Å²) in [6.45, 7) is 4.43. The average Bonchev–Trinajstić information content (AvgIpc) is 2.93. The molecule has 4 nitrogen and oxygen atoms in total. The Balaban J connectivity index is 1.92. The van der Waals surface area contributed by atoms with Crippen molar-refractivity contribution in [3.63, 3.8) is 0 Å². The number of pyridine rings is 1. The van der Waals surface area contributed by atoms with Gasteiger partial charge >= 0.3 is 0 Å². The molecule has 0 saturated heterocycles. The van der Waals surface area contributed by atoms with Crippen molar-refractivity contribution in [1.29, 1.82) is 0 Å². The Morgan fingerprint density at radius 1 is 1.33 bits per heavy atom. The van der Waals surface area contributed by atoms with Crippen molar-refractivity contribution in [1.82, 2.24) is 14.7 Å². The highest BCUT2D eigenvalue weighted by molar-refractivity contribution is 9.10. The van der Waals surface area contributed by atoms with E-state index in [9.17, 15) is 4.79 Å². The number of fused-ring (bicyclic) bond motifs is 1. The molecule has 124 valence electrons. The number of nitrogens with one attached hydrogen (secondary N) is 1. The molecule has 0 spiro atoms. The molecule has 24 heavy (non-hydrogen) atoms. The van der Waals surface area contributed by atoms with Crippen LogP contribution in [-0.4, -0.2) is 15.3 Å². The summed E-state index contributed by atoms with van der Waals surface area (Å²) in [4.78, 5) is 17.3. The number of amides is 1. The van der Waals surface area contributed by atoms with E-state index in [1.54, 1.807) is 0 Å². The van der Waals surface area contributed by atoms with Crippen molar-refractivity contribution in [2.75, 3.05) is 0 Å². The standard InChI is InChI=1S/C18H17BrClN3O/c1-3-15-16(23-10-11(2)8-14(19)17(23)22-15)18(24)21-9-12-4-6-13(20)7-5-12/h4-8,10H,3,9H2,1-2H3,(H,21,24). The summed E-state index contributed by atoms with van der Waals surface area (Å²) in [7, 11) is 0. The first-order chi connectivity index (χ1) is 11.5. The van der Waals surface area contributed by atoms with Gasteiger partial charge in [0.25, 0.3) is 5.91 Å². The maximum Gasteiger partial charge on any atom is 0.270 e. The molecule has 1 N–H and O–H groups in total. The van der Waals surface area contributed by atoms with Crippen LogP contribution in [0.25, 0.3) is 5.65 Å². The van der Waals surface area contributed by atoms with Gasteiger partial charge in [0, 0.05) is 17.8 Å². The van der Waals surface area contributed by atoms with Crippen molar-refractivity contribution in [3.8, 4) is 0 Å². The number of halogens is 2. The van der Waals surface area contributed by atoms with Gasteiger partial charge in [-0.25, -0.2) is 4.98 Å². The maximum absolute atomic E-state index is 12.7. The minimum Gasteiger partial charge on any atom is -0.347 e. The van der Waals surface area contributed by atoms with Crippen LogP contribution < -0.4 is 5.32 Å². The van der Waals surface area contributed by atoms with Gasteiger partial charge in [-0.1, -0.05) is 30.7 Å². The van der Waals surface area contributed by atoms with Crippen LogP contribution in [0.4, 0.5) is 0 Å². The van der Waals surface area contributed by atoms with Crippen LogP contribution in [0, 0.1) is 6.92 Å². The van der Waals surface area contributed by atoms with E-state index >= 15 is 0 Å². The number of aryl methyl sites for hydroxylation is 2. The second-order valence-corrected chi connectivity index (χ2v) is 6.92. The third-order valence-corrected chi connectivity index (χ3v) is 4.64. The van der Waals surface area contributed by atoms with Gasteiger partial charge < -0.3 is 5.32 Å². The van der Waals surface area contributed by atoms with Crippen molar-refractivity contribution in [2.45, 2.75) is 26.8 Å². The van der Waals surface area contributed by atoms with Gasteiger partial charge in [0.15, 0.2) is 5.65 Å². The van der Waals surface area contributed by atoms with Gasteiger partial charge in [0.2, 0.25) is 0 Å². The molecule has 1 aromatic carbocycles. The van der Waals surface area contributed by atoms with Crippen molar-refractivity contribution in [2.24, 2.45) is 0 Å². The van der Waals surface area contributed by atoms with E-state index in [0.29, 0.717) is 23.7 Å². The highest BCUT2D eigenvalue weighted by Gasteiger charge is 2.19. The monoisotopic (exact) mass is 405 g/mol. The lowest BCUT2D eigenvalue weighted by molar-refractivity contribution is 0.0944. The second kappa shape index (κ2) is 6.95. The summed E-state index contributed by atoms with van der Waals surface area (Å²) in [5.74, 6) is -0.133. The van der Waals surface area contributed by atoms with Gasteiger partial charge in [0.05, 0.1) is 10.2 Å². The minimum atomic E-state index is -0.133. The fourth-order valence-electron chi connectivity index (χ4n) is 2.63. The zero-order chi connectivity index (χ0) is 17.3. The maximum atomic E-state index is 12.7. The van der Waals surface area contributed by atoms with Crippen LogP contribution >= 0.6 is 27.5 Å². The van der Waals surface area contributed by atoms with E-state index in [-0.39, 0.29) is 5.91 Å². The largest absolute Gasteiger partial charge is 0.347 e. The van der Waals surface area contributed by atoms with E-state index in [1.165, 1.54) is 0 Å². The molecule has 0 fully saturated rings. The molecule has 1 amide bonds. The zero-order valence-electron chi connectivity index (χ0n) is 13.4. The Morgan fingerprint density at radius 2 is 2.04 bits per heavy atom. The van der Waals surface area contributed by atoms with Crippen LogP contribution in [0.3, 0.4) is 0 Å². The predicted octanol–water partition coefficient (Wildman–Crippen LogP) is 4.55. The molecule has 0 unspecified atom stereocenters. The van der Waals surface area contributed by atoms with Crippen LogP contribution in [0.1, 0.15) is 34.2 Å². The van der Waals surface area contributed by atoms with Gasteiger partial charge in [0.1, 0.15) is 5.69 Å². The van der Waals surface area contributed by atoms with Gasteiger partial charge in [-0.3, -0.25) is 9.20 Å². The number of carbonyl (C=O) groups excluding carboxylic acids is 1. The summed E-state index contributed by atoms with van der Waals surface area (Å²) >= 11 is 9.42. The van der Waals surface area contributed by atoms with Crippen LogP contribution in [0.2, 0.25) is 5.02 Å². The number of benzene rings is 1. The first kappa shape index (κ1) is 17.0. The molecule has 0 atom stereocenters.